The van der Waals surface area contributed by atoms with Crippen molar-refractivity contribution in [3.63, 3.8) is 0 Å². The van der Waals surface area contributed by atoms with Crippen molar-refractivity contribution in [2.45, 2.75) is 13.5 Å². The Hall–Kier alpha value is -2.93. The number of carbonyl (C=O) groups is 1. The zero-order valence-corrected chi connectivity index (χ0v) is 14.3. The molecule has 0 bridgehead atoms. The maximum absolute atomic E-state index is 12.7. The molecule has 0 radical (unpaired) electrons. The first-order chi connectivity index (χ1) is 12.1. The molecular weight excluding hydrogens is 342 g/mol. The molecule has 0 spiro atoms. The van der Waals surface area contributed by atoms with Crippen LogP contribution in [0.15, 0.2) is 59.9 Å². The first-order valence-electron chi connectivity index (χ1n) is 7.71. The second-order valence-electron chi connectivity index (χ2n) is 5.27. The smallest absolute Gasteiger partial charge is 0.250 e. The summed E-state index contributed by atoms with van der Waals surface area (Å²) < 4.78 is 2.92. The molecule has 8 heteroatoms. The fraction of sp³-hybridized carbons (Fsp3) is 0.176. The lowest BCUT2D eigenvalue weighted by atomic mass is 10.3. The Kier molecular flexibility index (Phi) is 4.95. The largest absolute Gasteiger partial charge is 0.307 e. The molecule has 128 valence electrons. The molecule has 0 unspecified atom stereocenters. The van der Waals surface area contributed by atoms with E-state index in [4.69, 9.17) is 11.6 Å². The first-order valence-corrected chi connectivity index (χ1v) is 8.09. The maximum atomic E-state index is 12.7. The minimum atomic E-state index is -0.247. The molecule has 0 fully saturated rings. The van der Waals surface area contributed by atoms with Crippen molar-refractivity contribution in [1.29, 1.82) is 0 Å². The van der Waals surface area contributed by atoms with Crippen molar-refractivity contribution in [3.8, 4) is 5.69 Å². The van der Waals surface area contributed by atoms with Crippen molar-refractivity contribution in [2.24, 2.45) is 0 Å². The van der Waals surface area contributed by atoms with Crippen molar-refractivity contribution in [3.05, 3.63) is 70.6 Å². The lowest BCUT2D eigenvalue weighted by Gasteiger charge is -2.20. The van der Waals surface area contributed by atoms with Crippen LogP contribution in [0.2, 0.25) is 5.15 Å². The van der Waals surface area contributed by atoms with E-state index >= 15 is 0 Å². The number of amides is 1. The Morgan fingerprint density at radius 2 is 2.12 bits per heavy atom. The molecule has 0 saturated carbocycles. The standard InChI is InChI=1S/C17H16ClN5O2/c1-2-22(16(25)12-21-9-4-3-7-15(21)24)14-11-23(20-17(14)18)13-6-5-8-19-10-13/h3-11H,2,12H2,1H3. The predicted molar refractivity (Wildman–Crippen MR) is 95.1 cm³/mol. The van der Waals surface area contributed by atoms with Gasteiger partial charge in [0.25, 0.3) is 5.56 Å². The van der Waals surface area contributed by atoms with E-state index < -0.39 is 0 Å². The number of likely N-dealkylation sites (N-methyl/N-ethyl adjacent to an activating group) is 1. The van der Waals surface area contributed by atoms with Crippen molar-refractivity contribution >= 4 is 23.2 Å². The summed E-state index contributed by atoms with van der Waals surface area (Å²) >= 11 is 6.23. The second kappa shape index (κ2) is 7.31. The molecule has 3 aromatic rings. The van der Waals surface area contributed by atoms with Crippen LogP contribution >= 0.6 is 11.6 Å². The topological polar surface area (TPSA) is 73.0 Å². The number of pyridine rings is 2. The van der Waals surface area contributed by atoms with Gasteiger partial charge in [0.1, 0.15) is 12.2 Å². The second-order valence-corrected chi connectivity index (χ2v) is 5.62. The predicted octanol–water partition coefficient (Wildman–Crippen LogP) is 2.14. The lowest BCUT2D eigenvalue weighted by molar-refractivity contribution is -0.119. The summed E-state index contributed by atoms with van der Waals surface area (Å²) in [5.41, 5.74) is 0.990. The number of carbonyl (C=O) groups excluding carboxylic acids is 1. The van der Waals surface area contributed by atoms with E-state index in [2.05, 4.69) is 10.1 Å². The SMILES string of the molecule is CCN(C(=O)Cn1ccccc1=O)c1cn(-c2cccnc2)nc1Cl. The minimum absolute atomic E-state index is 0.0675. The molecule has 3 rings (SSSR count). The number of hydrogen-bond donors (Lipinski definition) is 0. The Balaban J connectivity index is 1.88. The van der Waals surface area contributed by atoms with Gasteiger partial charge >= 0.3 is 0 Å². The number of halogens is 1. The average molecular weight is 358 g/mol. The molecule has 3 aromatic heterocycles. The van der Waals surface area contributed by atoms with Crippen LogP contribution in [0.3, 0.4) is 0 Å². The van der Waals surface area contributed by atoms with E-state index in [0.717, 1.165) is 5.69 Å². The van der Waals surface area contributed by atoms with E-state index in [-0.39, 0.29) is 23.2 Å². The van der Waals surface area contributed by atoms with E-state index in [9.17, 15) is 9.59 Å². The highest BCUT2D eigenvalue weighted by molar-refractivity contribution is 6.32. The van der Waals surface area contributed by atoms with Crippen LogP contribution in [0.4, 0.5) is 5.69 Å². The molecule has 3 heterocycles. The summed E-state index contributed by atoms with van der Waals surface area (Å²) in [4.78, 5) is 30.0. The fourth-order valence-corrected chi connectivity index (χ4v) is 2.68. The molecule has 0 atom stereocenters. The summed E-state index contributed by atoms with van der Waals surface area (Å²) in [6, 6.07) is 8.38. The van der Waals surface area contributed by atoms with Crippen LogP contribution in [-0.4, -0.2) is 31.8 Å². The Labute approximate surface area is 149 Å². The lowest BCUT2D eigenvalue weighted by Crippen LogP contribution is -2.36. The number of rotatable bonds is 5. The Bertz CT molecular complexity index is 935. The van der Waals surface area contributed by atoms with Gasteiger partial charge < -0.3 is 9.47 Å². The highest BCUT2D eigenvalue weighted by atomic mass is 35.5. The fourth-order valence-electron chi connectivity index (χ4n) is 2.45. The van der Waals surface area contributed by atoms with Gasteiger partial charge in [-0.15, -0.1) is 0 Å². The highest BCUT2D eigenvalue weighted by Gasteiger charge is 2.20. The van der Waals surface area contributed by atoms with Crippen LogP contribution in [-0.2, 0) is 11.3 Å². The normalized spacial score (nSPS) is 10.6. The number of anilines is 1. The molecule has 1 amide bonds. The number of hydrogen-bond acceptors (Lipinski definition) is 4. The zero-order chi connectivity index (χ0) is 17.8. The average Bonchev–Trinajstić information content (AvgIpc) is 3.00. The summed E-state index contributed by atoms with van der Waals surface area (Å²) in [5.74, 6) is -0.247. The van der Waals surface area contributed by atoms with Gasteiger partial charge in [0.15, 0.2) is 5.15 Å². The van der Waals surface area contributed by atoms with E-state index in [1.54, 1.807) is 47.7 Å². The molecule has 0 N–H and O–H groups in total. The zero-order valence-electron chi connectivity index (χ0n) is 13.5. The van der Waals surface area contributed by atoms with Crippen molar-refractivity contribution in [1.82, 2.24) is 19.3 Å². The van der Waals surface area contributed by atoms with Crippen LogP contribution < -0.4 is 10.5 Å². The Morgan fingerprint density at radius 3 is 2.80 bits per heavy atom. The van der Waals surface area contributed by atoms with Crippen molar-refractivity contribution < 1.29 is 4.79 Å². The quantitative estimate of drug-likeness (QED) is 0.701. The number of nitrogens with zero attached hydrogens (tertiary/aromatic N) is 5. The molecule has 0 aromatic carbocycles. The van der Waals surface area contributed by atoms with Crippen LogP contribution in [0.5, 0.6) is 0 Å². The van der Waals surface area contributed by atoms with Gasteiger partial charge in [0.2, 0.25) is 5.91 Å². The Morgan fingerprint density at radius 1 is 1.28 bits per heavy atom. The van der Waals surface area contributed by atoms with E-state index in [1.165, 1.54) is 15.5 Å². The van der Waals surface area contributed by atoms with Crippen LogP contribution in [0.1, 0.15) is 6.92 Å². The van der Waals surface area contributed by atoms with Gasteiger partial charge in [-0.3, -0.25) is 14.6 Å². The van der Waals surface area contributed by atoms with Gasteiger partial charge in [-0.25, -0.2) is 4.68 Å². The third-order valence-corrected chi connectivity index (χ3v) is 3.94. The third-order valence-electron chi connectivity index (χ3n) is 3.67. The van der Waals surface area contributed by atoms with E-state index in [1.807, 2.05) is 13.0 Å². The molecular formula is C17H16ClN5O2. The van der Waals surface area contributed by atoms with Gasteiger partial charge in [0.05, 0.1) is 18.1 Å². The monoisotopic (exact) mass is 357 g/mol. The van der Waals surface area contributed by atoms with Crippen molar-refractivity contribution in [2.75, 3.05) is 11.4 Å². The molecule has 0 aliphatic carbocycles. The van der Waals surface area contributed by atoms with Gasteiger partial charge in [-0.2, -0.15) is 5.10 Å². The van der Waals surface area contributed by atoms with Crippen LogP contribution in [0.25, 0.3) is 5.69 Å². The van der Waals surface area contributed by atoms with Crippen LogP contribution in [0, 0.1) is 0 Å². The van der Waals surface area contributed by atoms with Gasteiger partial charge in [-0.05, 0) is 25.1 Å². The van der Waals surface area contributed by atoms with Gasteiger partial charge in [0, 0.05) is 25.0 Å². The first kappa shape index (κ1) is 16.9. The molecule has 0 aliphatic heterocycles. The molecule has 0 saturated heterocycles. The summed E-state index contributed by atoms with van der Waals surface area (Å²) in [6.45, 7) is 2.17. The highest BCUT2D eigenvalue weighted by Crippen LogP contribution is 2.26. The minimum Gasteiger partial charge on any atom is -0.307 e. The maximum Gasteiger partial charge on any atom is 0.250 e. The van der Waals surface area contributed by atoms with E-state index in [0.29, 0.717) is 12.2 Å². The van der Waals surface area contributed by atoms with Gasteiger partial charge in [-0.1, -0.05) is 17.7 Å². The molecule has 7 nitrogen and oxygen atoms in total. The molecule has 25 heavy (non-hydrogen) atoms. The third kappa shape index (κ3) is 3.61. The summed E-state index contributed by atoms with van der Waals surface area (Å²) in [6.07, 6.45) is 6.56. The summed E-state index contributed by atoms with van der Waals surface area (Å²) in [7, 11) is 0. The number of aromatic nitrogens is 4. The summed E-state index contributed by atoms with van der Waals surface area (Å²) in [5, 5.41) is 4.44. The molecule has 0 aliphatic rings.